The molecule has 1 aromatic heterocycles. The van der Waals surface area contributed by atoms with Crippen LogP contribution in [0.1, 0.15) is 21.6 Å². The van der Waals surface area contributed by atoms with Crippen molar-refractivity contribution in [1.82, 2.24) is 9.78 Å². The van der Waals surface area contributed by atoms with E-state index in [4.69, 9.17) is 11.6 Å². The zero-order valence-electron chi connectivity index (χ0n) is 13.8. The van der Waals surface area contributed by atoms with Gasteiger partial charge in [-0.3, -0.25) is 4.79 Å². The van der Waals surface area contributed by atoms with E-state index in [9.17, 15) is 22.4 Å². The molecule has 0 unspecified atom stereocenters. The van der Waals surface area contributed by atoms with E-state index in [1.165, 1.54) is 36.4 Å². The second kappa shape index (κ2) is 7.03. The van der Waals surface area contributed by atoms with Crippen LogP contribution in [0.5, 0.6) is 0 Å². The van der Waals surface area contributed by atoms with E-state index in [0.717, 1.165) is 12.3 Å². The predicted octanol–water partition coefficient (Wildman–Crippen LogP) is 5.24. The summed E-state index contributed by atoms with van der Waals surface area (Å²) >= 11 is 5.75. The lowest BCUT2D eigenvalue weighted by Gasteiger charge is -2.13. The highest BCUT2D eigenvalue weighted by atomic mass is 35.5. The molecule has 0 radical (unpaired) electrons. The lowest BCUT2D eigenvalue weighted by atomic mass is 10.2. The molecule has 3 rings (SSSR count). The first-order chi connectivity index (χ1) is 12.7. The summed E-state index contributed by atoms with van der Waals surface area (Å²) in [6.07, 6.45) is -4.07. The van der Waals surface area contributed by atoms with Crippen LogP contribution in [-0.4, -0.2) is 15.7 Å². The molecule has 0 aliphatic heterocycles. The Balaban J connectivity index is 2.04. The number of halogens is 5. The Morgan fingerprint density at radius 2 is 1.81 bits per heavy atom. The van der Waals surface area contributed by atoms with Crippen molar-refractivity contribution in [2.45, 2.75) is 13.1 Å². The van der Waals surface area contributed by atoms with Crippen LogP contribution in [0.3, 0.4) is 0 Å². The summed E-state index contributed by atoms with van der Waals surface area (Å²) in [6, 6.07) is 9.40. The van der Waals surface area contributed by atoms with E-state index < -0.39 is 29.2 Å². The van der Waals surface area contributed by atoms with E-state index >= 15 is 0 Å². The largest absolute Gasteiger partial charge is 0.434 e. The third-order valence-corrected chi connectivity index (χ3v) is 3.98. The molecule has 0 fully saturated rings. The Labute approximate surface area is 156 Å². The van der Waals surface area contributed by atoms with E-state index in [2.05, 4.69) is 10.4 Å². The average molecular weight is 398 g/mol. The molecule has 27 heavy (non-hydrogen) atoms. The minimum Gasteiger partial charge on any atom is -0.319 e. The van der Waals surface area contributed by atoms with Gasteiger partial charge in [0.1, 0.15) is 5.82 Å². The number of aryl methyl sites for hydroxylation is 1. The first-order valence-corrected chi connectivity index (χ1v) is 8.03. The lowest BCUT2D eigenvalue weighted by molar-refractivity contribution is -0.143. The molecule has 0 atom stereocenters. The minimum absolute atomic E-state index is 0.0764. The SMILES string of the molecule is Cc1ccc(F)c(NC(=O)c2cnn(-c3ccc(Cl)cc3)c2C(F)(F)F)c1. The van der Waals surface area contributed by atoms with Gasteiger partial charge in [0.05, 0.1) is 23.1 Å². The number of nitrogens with one attached hydrogen (secondary N) is 1. The Bertz CT molecular complexity index is 997. The fourth-order valence-electron chi connectivity index (χ4n) is 2.49. The topological polar surface area (TPSA) is 46.9 Å². The van der Waals surface area contributed by atoms with Gasteiger partial charge in [-0.05, 0) is 48.9 Å². The summed E-state index contributed by atoms with van der Waals surface area (Å²) in [6.45, 7) is 1.66. The molecular weight excluding hydrogens is 386 g/mol. The van der Waals surface area contributed by atoms with Gasteiger partial charge in [0, 0.05) is 5.02 Å². The van der Waals surface area contributed by atoms with Gasteiger partial charge >= 0.3 is 6.18 Å². The van der Waals surface area contributed by atoms with Gasteiger partial charge in [0.2, 0.25) is 0 Å². The van der Waals surface area contributed by atoms with Crippen LogP contribution in [-0.2, 0) is 6.18 Å². The van der Waals surface area contributed by atoms with Crippen LogP contribution in [0.25, 0.3) is 5.69 Å². The van der Waals surface area contributed by atoms with Gasteiger partial charge in [-0.15, -0.1) is 0 Å². The number of hydrogen-bond acceptors (Lipinski definition) is 2. The summed E-state index contributed by atoms with van der Waals surface area (Å²) in [5.41, 5.74) is -1.49. The monoisotopic (exact) mass is 397 g/mol. The maximum absolute atomic E-state index is 13.8. The summed E-state index contributed by atoms with van der Waals surface area (Å²) in [7, 11) is 0. The van der Waals surface area contributed by atoms with E-state index in [-0.39, 0.29) is 11.4 Å². The summed E-state index contributed by atoms with van der Waals surface area (Å²) in [5, 5.41) is 6.19. The van der Waals surface area contributed by atoms with Crippen molar-refractivity contribution in [3.63, 3.8) is 0 Å². The van der Waals surface area contributed by atoms with Crippen molar-refractivity contribution in [3.05, 3.63) is 76.3 Å². The van der Waals surface area contributed by atoms with Crippen molar-refractivity contribution in [1.29, 1.82) is 0 Å². The number of carbonyl (C=O) groups excluding carboxylic acids is 1. The van der Waals surface area contributed by atoms with Crippen molar-refractivity contribution in [3.8, 4) is 5.69 Å². The third-order valence-electron chi connectivity index (χ3n) is 3.72. The smallest absolute Gasteiger partial charge is 0.319 e. The van der Waals surface area contributed by atoms with Gasteiger partial charge < -0.3 is 5.32 Å². The molecule has 1 N–H and O–H groups in total. The van der Waals surface area contributed by atoms with Crippen LogP contribution in [0.15, 0.2) is 48.7 Å². The van der Waals surface area contributed by atoms with Gasteiger partial charge in [-0.1, -0.05) is 17.7 Å². The molecule has 2 aromatic carbocycles. The molecule has 0 saturated carbocycles. The van der Waals surface area contributed by atoms with E-state index in [0.29, 0.717) is 15.3 Å². The van der Waals surface area contributed by atoms with Crippen LogP contribution >= 0.6 is 11.6 Å². The first kappa shape index (κ1) is 18.9. The zero-order valence-corrected chi connectivity index (χ0v) is 14.6. The van der Waals surface area contributed by atoms with Crippen LogP contribution in [0, 0.1) is 12.7 Å². The van der Waals surface area contributed by atoms with Gasteiger partial charge in [0.15, 0.2) is 5.69 Å². The standard InChI is InChI=1S/C18H12ClF4N3O/c1-10-2-7-14(20)15(8-10)25-17(27)13-9-24-26(16(13)18(21,22)23)12-5-3-11(19)4-6-12/h2-9H,1H3,(H,25,27). The Morgan fingerprint density at radius 3 is 2.44 bits per heavy atom. The number of hydrogen-bond donors (Lipinski definition) is 1. The lowest BCUT2D eigenvalue weighted by Crippen LogP contribution is -2.21. The average Bonchev–Trinajstić information content (AvgIpc) is 3.04. The molecule has 0 spiro atoms. The van der Waals surface area contributed by atoms with Crippen molar-refractivity contribution in [2.75, 3.05) is 5.32 Å². The molecule has 0 aliphatic carbocycles. The van der Waals surface area contributed by atoms with Gasteiger partial charge in [0.25, 0.3) is 5.91 Å². The van der Waals surface area contributed by atoms with Gasteiger partial charge in [-0.2, -0.15) is 18.3 Å². The normalized spacial score (nSPS) is 11.5. The molecule has 140 valence electrons. The molecule has 0 bridgehead atoms. The number of rotatable bonds is 3. The van der Waals surface area contributed by atoms with Crippen molar-refractivity contribution >= 4 is 23.2 Å². The number of anilines is 1. The number of benzene rings is 2. The molecular formula is C18H12ClF4N3O. The second-order valence-corrected chi connectivity index (χ2v) is 6.17. The van der Waals surface area contributed by atoms with E-state index in [1.807, 2.05) is 0 Å². The maximum atomic E-state index is 13.8. The summed E-state index contributed by atoms with van der Waals surface area (Å²) < 4.78 is 55.2. The molecule has 3 aromatic rings. The molecule has 1 heterocycles. The number of amides is 1. The second-order valence-electron chi connectivity index (χ2n) is 5.73. The quantitative estimate of drug-likeness (QED) is 0.614. The minimum atomic E-state index is -4.87. The van der Waals surface area contributed by atoms with Gasteiger partial charge in [-0.25, -0.2) is 9.07 Å². The van der Waals surface area contributed by atoms with Crippen LogP contribution in [0.4, 0.5) is 23.2 Å². The number of alkyl halides is 3. The van der Waals surface area contributed by atoms with Crippen molar-refractivity contribution in [2.24, 2.45) is 0 Å². The third kappa shape index (κ3) is 3.95. The first-order valence-electron chi connectivity index (χ1n) is 7.65. The number of aromatic nitrogens is 2. The van der Waals surface area contributed by atoms with Crippen LogP contribution < -0.4 is 5.32 Å². The Kier molecular flexibility index (Phi) is 4.93. The number of nitrogens with zero attached hydrogens (tertiary/aromatic N) is 2. The van der Waals surface area contributed by atoms with E-state index in [1.54, 1.807) is 6.92 Å². The molecule has 9 heteroatoms. The molecule has 4 nitrogen and oxygen atoms in total. The predicted molar refractivity (Wildman–Crippen MR) is 92.7 cm³/mol. The highest BCUT2D eigenvalue weighted by Gasteiger charge is 2.40. The maximum Gasteiger partial charge on any atom is 0.434 e. The fraction of sp³-hybridized carbons (Fsp3) is 0.111. The fourth-order valence-corrected chi connectivity index (χ4v) is 2.62. The number of carbonyl (C=O) groups is 1. The Morgan fingerprint density at radius 1 is 1.15 bits per heavy atom. The highest BCUT2D eigenvalue weighted by Crippen LogP contribution is 2.34. The summed E-state index contributed by atoms with van der Waals surface area (Å²) in [5.74, 6) is -1.88. The summed E-state index contributed by atoms with van der Waals surface area (Å²) in [4.78, 5) is 12.4. The van der Waals surface area contributed by atoms with Crippen molar-refractivity contribution < 1.29 is 22.4 Å². The Hall–Kier alpha value is -2.87. The zero-order chi connectivity index (χ0) is 19.8. The van der Waals surface area contributed by atoms with Crippen LogP contribution in [0.2, 0.25) is 5.02 Å². The molecule has 0 aliphatic rings. The molecule has 1 amide bonds. The molecule has 0 saturated heterocycles. The highest BCUT2D eigenvalue weighted by molar-refractivity contribution is 6.30.